The molecule has 0 aliphatic heterocycles. The molecule has 120 valence electrons. The van der Waals surface area contributed by atoms with Gasteiger partial charge in [-0.2, -0.15) is 0 Å². The molecule has 0 radical (unpaired) electrons. The molecule has 21 heavy (non-hydrogen) atoms. The minimum absolute atomic E-state index is 0.230. The second kappa shape index (κ2) is 7.32. The van der Waals surface area contributed by atoms with Crippen LogP contribution in [0.15, 0.2) is 22.7 Å². The molecule has 3 N–H and O–H groups in total. The highest BCUT2D eigenvalue weighted by molar-refractivity contribution is 9.10. The Balaban J connectivity index is 2.92. The van der Waals surface area contributed by atoms with E-state index in [1.807, 2.05) is 0 Å². The summed E-state index contributed by atoms with van der Waals surface area (Å²) in [7, 11) is -3.77. The predicted octanol–water partition coefficient (Wildman–Crippen LogP) is 2.83. The van der Waals surface area contributed by atoms with Gasteiger partial charge in [-0.25, -0.2) is 8.42 Å². The maximum atomic E-state index is 12.3. The highest BCUT2D eigenvalue weighted by Crippen LogP contribution is 2.33. The summed E-state index contributed by atoms with van der Waals surface area (Å²) >= 11 is 3.00. The molecule has 0 aromatic heterocycles. The van der Waals surface area contributed by atoms with Crippen molar-refractivity contribution in [2.24, 2.45) is 5.73 Å². The van der Waals surface area contributed by atoms with Crippen LogP contribution in [0, 0.1) is 0 Å². The van der Waals surface area contributed by atoms with E-state index < -0.39 is 22.1 Å². The van der Waals surface area contributed by atoms with E-state index >= 15 is 0 Å². The number of hydrogen-bond donors (Lipinski definition) is 2. The lowest BCUT2D eigenvalue weighted by Crippen LogP contribution is -2.21. The van der Waals surface area contributed by atoms with E-state index in [0.717, 1.165) is 6.07 Å². The van der Waals surface area contributed by atoms with Gasteiger partial charge >= 0.3 is 6.36 Å². The molecule has 0 spiro atoms. The Kier molecular flexibility index (Phi) is 6.29. The maximum Gasteiger partial charge on any atom is 0.573 e. The number of nitrogens with two attached hydrogens (primary N) is 1. The fourth-order valence-corrected chi connectivity index (χ4v) is 2.97. The van der Waals surface area contributed by atoms with Crippen molar-refractivity contribution in [2.45, 2.75) is 19.2 Å². The number of hydrogen-bond acceptors (Lipinski definition) is 4. The number of ether oxygens (including phenoxy) is 1. The SMILES string of the molecule is NCCCCS(=O)(=O)Nc1ccc(Br)cc1OC(F)(F)F. The summed E-state index contributed by atoms with van der Waals surface area (Å²) in [5.41, 5.74) is 4.98. The first-order valence-electron chi connectivity index (χ1n) is 5.89. The van der Waals surface area contributed by atoms with Gasteiger partial charge in [0.15, 0.2) is 5.75 Å². The first-order chi connectivity index (χ1) is 9.63. The van der Waals surface area contributed by atoms with Crippen LogP contribution in [0.5, 0.6) is 5.75 Å². The lowest BCUT2D eigenvalue weighted by Gasteiger charge is -2.15. The van der Waals surface area contributed by atoms with Gasteiger partial charge in [-0.1, -0.05) is 15.9 Å². The van der Waals surface area contributed by atoms with Crippen molar-refractivity contribution < 1.29 is 26.3 Å². The molecule has 0 unspecified atom stereocenters. The van der Waals surface area contributed by atoms with Crippen LogP contribution >= 0.6 is 15.9 Å². The van der Waals surface area contributed by atoms with E-state index in [1.165, 1.54) is 12.1 Å². The Morgan fingerprint density at radius 3 is 2.52 bits per heavy atom. The number of anilines is 1. The Morgan fingerprint density at radius 2 is 1.95 bits per heavy atom. The molecule has 0 atom stereocenters. The Morgan fingerprint density at radius 1 is 1.29 bits per heavy atom. The second-order valence-electron chi connectivity index (χ2n) is 4.11. The van der Waals surface area contributed by atoms with Crippen LogP contribution < -0.4 is 15.2 Å². The molecule has 5 nitrogen and oxygen atoms in total. The second-order valence-corrected chi connectivity index (χ2v) is 6.86. The Hall–Kier alpha value is -1.00. The summed E-state index contributed by atoms with van der Waals surface area (Å²) in [5.74, 6) is -0.856. The summed E-state index contributed by atoms with van der Waals surface area (Å²) < 4.78 is 66.7. The van der Waals surface area contributed by atoms with Gasteiger partial charge in [0.05, 0.1) is 11.4 Å². The zero-order valence-electron chi connectivity index (χ0n) is 10.8. The molecule has 1 aromatic carbocycles. The van der Waals surface area contributed by atoms with E-state index in [-0.39, 0.29) is 11.4 Å². The number of nitrogens with one attached hydrogen (secondary N) is 1. The zero-order chi connectivity index (χ0) is 16.1. The average Bonchev–Trinajstić information content (AvgIpc) is 2.31. The maximum absolute atomic E-state index is 12.3. The van der Waals surface area contributed by atoms with Crippen LogP contribution in [0.3, 0.4) is 0 Å². The number of rotatable bonds is 7. The summed E-state index contributed by atoms with van der Waals surface area (Å²) in [6.45, 7) is 0.343. The van der Waals surface area contributed by atoms with Gasteiger partial charge in [-0.3, -0.25) is 4.72 Å². The number of halogens is 4. The number of alkyl halides is 3. The molecule has 0 bridgehead atoms. The summed E-state index contributed by atoms with van der Waals surface area (Å²) in [4.78, 5) is 0. The minimum Gasteiger partial charge on any atom is -0.403 e. The van der Waals surface area contributed by atoms with Crippen LogP contribution in [0.4, 0.5) is 18.9 Å². The number of unbranched alkanes of at least 4 members (excludes halogenated alkanes) is 1. The molecule has 10 heteroatoms. The third-order valence-corrected chi connectivity index (χ3v) is 4.15. The standard InChI is InChI=1S/C11H14BrF3N2O3S/c12-8-3-4-9(10(7-8)20-11(13,14)15)17-21(18,19)6-2-1-5-16/h3-4,7,17H,1-2,5-6,16H2. The largest absolute Gasteiger partial charge is 0.573 e. The molecule has 0 amide bonds. The molecule has 0 aliphatic carbocycles. The molecular weight excluding hydrogens is 377 g/mol. The fourth-order valence-electron chi connectivity index (χ4n) is 1.44. The summed E-state index contributed by atoms with van der Waals surface area (Å²) in [6, 6.07) is 3.62. The molecule has 0 aliphatic rings. The molecule has 0 fully saturated rings. The number of sulfonamides is 1. The van der Waals surface area contributed by atoms with Gasteiger partial charge < -0.3 is 10.5 Å². The minimum atomic E-state index is -4.92. The lowest BCUT2D eigenvalue weighted by atomic mass is 10.3. The van der Waals surface area contributed by atoms with Crippen molar-refractivity contribution in [3.63, 3.8) is 0 Å². The van der Waals surface area contributed by atoms with Crippen molar-refractivity contribution in [3.05, 3.63) is 22.7 Å². The van der Waals surface area contributed by atoms with Crippen LogP contribution in [-0.2, 0) is 10.0 Å². The van der Waals surface area contributed by atoms with Gasteiger partial charge in [-0.15, -0.1) is 13.2 Å². The van der Waals surface area contributed by atoms with Crippen molar-refractivity contribution >= 4 is 31.6 Å². The molecule has 1 rings (SSSR count). The van der Waals surface area contributed by atoms with Crippen molar-refractivity contribution in [1.82, 2.24) is 0 Å². The van der Waals surface area contributed by atoms with E-state index in [0.29, 0.717) is 23.9 Å². The van der Waals surface area contributed by atoms with Crippen molar-refractivity contribution in [2.75, 3.05) is 17.0 Å². The van der Waals surface area contributed by atoms with Gasteiger partial charge in [0.1, 0.15) is 0 Å². The lowest BCUT2D eigenvalue weighted by molar-refractivity contribution is -0.274. The molecule has 0 saturated carbocycles. The first-order valence-corrected chi connectivity index (χ1v) is 8.33. The molecular formula is C11H14BrF3N2O3S. The Labute approximate surface area is 128 Å². The van der Waals surface area contributed by atoms with E-state index in [2.05, 4.69) is 25.4 Å². The van der Waals surface area contributed by atoms with Crippen LogP contribution in [0.1, 0.15) is 12.8 Å². The molecule has 1 aromatic rings. The first kappa shape index (κ1) is 18.1. The van der Waals surface area contributed by atoms with Crippen molar-refractivity contribution in [3.8, 4) is 5.75 Å². The highest BCUT2D eigenvalue weighted by atomic mass is 79.9. The normalized spacial score (nSPS) is 12.2. The monoisotopic (exact) mass is 390 g/mol. The Bertz CT molecular complexity index is 579. The van der Waals surface area contributed by atoms with Crippen LogP contribution in [-0.4, -0.2) is 27.1 Å². The average molecular weight is 391 g/mol. The van der Waals surface area contributed by atoms with Gasteiger partial charge in [0.25, 0.3) is 0 Å². The van der Waals surface area contributed by atoms with E-state index in [1.54, 1.807) is 0 Å². The van der Waals surface area contributed by atoms with Crippen LogP contribution in [0.2, 0.25) is 0 Å². The van der Waals surface area contributed by atoms with Gasteiger partial charge in [0, 0.05) is 4.47 Å². The molecule has 0 saturated heterocycles. The fraction of sp³-hybridized carbons (Fsp3) is 0.455. The quantitative estimate of drug-likeness (QED) is 0.701. The summed E-state index contributed by atoms with van der Waals surface area (Å²) in [6.07, 6.45) is -4.09. The molecule has 0 heterocycles. The van der Waals surface area contributed by atoms with Crippen LogP contribution in [0.25, 0.3) is 0 Å². The van der Waals surface area contributed by atoms with Gasteiger partial charge in [-0.05, 0) is 37.6 Å². The van der Waals surface area contributed by atoms with E-state index in [4.69, 9.17) is 5.73 Å². The summed E-state index contributed by atoms with van der Waals surface area (Å²) in [5, 5.41) is 0. The van der Waals surface area contributed by atoms with E-state index in [9.17, 15) is 21.6 Å². The number of benzene rings is 1. The zero-order valence-corrected chi connectivity index (χ0v) is 13.2. The van der Waals surface area contributed by atoms with Crippen molar-refractivity contribution in [1.29, 1.82) is 0 Å². The third-order valence-electron chi connectivity index (χ3n) is 2.30. The highest BCUT2D eigenvalue weighted by Gasteiger charge is 2.32. The van der Waals surface area contributed by atoms with Gasteiger partial charge in [0.2, 0.25) is 10.0 Å². The third kappa shape index (κ3) is 7.00. The predicted molar refractivity (Wildman–Crippen MR) is 76.5 cm³/mol. The topological polar surface area (TPSA) is 81.4 Å². The smallest absolute Gasteiger partial charge is 0.403 e.